The molecular weight excluding hydrogens is 246 g/mol. The summed E-state index contributed by atoms with van der Waals surface area (Å²) in [5.74, 6) is -0.137. The van der Waals surface area contributed by atoms with E-state index in [1.807, 2.05) is 0 Å². The van der Waals surface area contributed by atoms with E-state index in [0.29, 0.717) is 5.56 Å². The van der Waals surface area contributed by atoms with Gasteiger partial charge in [-0.25, -0.2) is 0 Å². The summed E-state index contributed by atoms with van der Waals surface area (Å²) in [6.45, 7) is 0. The molecule has 1 saturated carbocycles. The molecule has 19 heavy (non-hydrogen) atoms. The maximum Gasteiger partial charge on any atom is 0.269 e. The average molecular weight is 261 g/mol. The highest BCUT2D eigenvalue weighted by atomic mass is 16.6. The number of nitro benzene ring substituents is 1. The van der Waals surface area contributed by atoms with E-state index in [-0.39, 0.29) is 17.6 Å². The van der Waals surface area contributed by atoms with Crippen LogP contribution in [0.4, 0.5) is 11.4 Å². The van der Waals surface area contributed by atoms with Gasteiger partial charge in [0.05, 0.1) is 4.92 Å². The molecule has 100 valence electrons. The van der Waals surface area contributed by atoms with Gasteiger partial charge in [0.25, 0.3) is 5.69 Å². The third-order valence-electron chi connectivity index (χ3n) is 4.01. The summed E-state index contributed by atoms with van der Waals surface area (Å²) < 4.78 is 0. The number of rotatable bonds is 2. The summed E-state index contributed by atoms with van der Waals surface area (Å²) in [4.78, 5) is 24.3. The van der Waals surface area contributed by atoms with Crippen LogP contribution in [0.15, 0.2) is 18.2 Å². The quantitative estimate of drug-likeness (QED) is 0.650. The highest BCUT2D eigenvalue weighted by Gasteiger charge is 2.40. The van der Waals surface area contributed by atoms with Crippen molar-refractivity contribution in [3.8, 4) is 0 Å². The Labute approximate surface area is 110 Å². The van der Waals surface area contributed by atoms with E-state index in [0.717, 1.165) is 31.4 Å². The van der Waals surface area contributed by atoms with Crippen LogP contribution in [-0.4, -0.2) is 16.9 Å². The molecule has 2 N–H and O–H groups in total. The van der Waals surface area contributed by atoms with Crippen molar-refractivity contribution < 1.29 is 9.72 Å². The van der Waals surface area contributed by atoms with E-state index in [2.05, 4.69) is 0 Å². The van der Waals surface area contributed by atoms with Gasteiger partial charge in [0.1, 0.15) is 6.04 Å². The van der Waals surface area contributed by atoms with Gasteiger partial charge < -0.3 is 10.6 Å². The van der Waals surface area contributed by atoms with Gasteiger partial charge in [-0.2, -0.15) is 0 Å². The van der Waals surface area contributed by atoms with Gasteiger partial charge >= 0.3 is 0 Å². The second kappa shape index (κ2) is 4.31. The summed E-state index contributed by atoms with van der Waals surface area (Å²) >= 11 is 0. The molecule has 3 rings (SSSR count). The van der Waals surface area contributed by atoms with E-state index in [1.54, 1.807) is 11.0 Å². The van der Waals surface area contributed by atoms with Crippen LogP contribution in [0.5, 0.6) is 0 Å². The predicted octanol–water partition coefficient (Wildman–Crippen LogP) is 1.88. The Morgan fingerprint density at radius 3 is 2.63 bits per heavy atom. The Hall–Kier alpha value is -1.95. The molecule has 0 unspecified atom stereocenters. The Kier molecular flexibility index (Phi) is 2.74. The fourth-order valence-electron chi connectivity index (χ4n) is 3.06. The number of carbonyl (C=O) groups is 1. The summed E-state index contributed by atoms with van der Waals surface area (Å²) in [6.07, 6.45) is 4.20. The molecule has 1 aromatic carbocycles. The monoisotopic (exact) mass is 261 g/mol. The molecule has 6 nitrogen and oxygen atoms in total. The Morgan fingerprint density at radius 2 is 2.00 bits per heavy atom. The van der Waals surface area contributed by atoms with E-state index in [1.165, 1.54) is 12.1 Å². The molecule has 1 atom stereocenters. The van der Waals surface area contributed by atoms with Crippen molar-refractivity contribution in [3.05, 3.63) is 33.9 Å². The lowest BCUT2D eigenvalue weighted by atomic mass is 10.1. The van der Waals surface area contributed by atoms with Gasteiger partial charge in [0, 0.05) is 29.4 Å². The second-order valence-electron chi connectivity index (χ2n) is 5.12. The number of nitrogens with two attached hydrogens (primary N) is 1. The van der Waals surface area contributed by atoms with Crippen molar-refractivity contribution in [1.82, 2.24) is 0 Å². The molecule has 1 aliphatic carbocycles. The largest absolute Gasteiger partial charge is 0.316 e. The van der Waals surface area contributed by atoms with Crippen molar-refractivity contribution in [1.29, 1.82) is 0 Å². The van der Waals surface area contributed by atoms with Gasteiger partial charge in [0.2, 0.25) is 5.91 Å². The maximum atomic E-state index is 12.3. The fourth-order valence-corrected chi connectivity index (χ4v) is 3.06. The molecule has 2 aliphatic rings. The number of fused-ring (bicyclic) bond motifs is 1. The second-order valence-corrected chi connectivity index (χ2v) is 5.12. The van der Waals surface area contributed by atoms with Crippen molar-refractivity contribution >= 4 is 17.3 Å². The summed E-state index contributed by atoms with van der Waals surface area (Å²) in [5.41, 5.74) is 7.21. The molecule has 1 fully saturated rings. The Balaban J connectivity index is 2.03. The number of nitro groups is 1. The van der Waals surface area contributed by atoms with E-state index < -0.39 is 11.0 Å². The molecule has 0 bridgehead atoms. The van der Waals surface area contributed by atoms with Crippen molar-refractivity contribution in [2.45, 2.75) is 37.8 Å². The first-order valence-corrected chi connectivity index (χ1v) is 6.46. The minimum absolute atomic E-state index is 0.0183. The smallest absolute Gasteiger partial charge is 0.269 e. The lowest BCUT2D eigenvalue weighted by molar-refractivity contribution is -0.384. The first-order chi connectivity index (χ1) is 9.09. The van der Waals surface area contributed by atoms with E-state index in [4.69, 9.17) is 5.73 Å². The summed E-state index contributed by atoms with van der Waals surface area (Å²) in [7, 11) is 0. The highest BCUT2D eigenvalue weighted by molar-refractivity contribution is 6.05. The number of hydrogen-bond donors (Lipinski definition) is 1. The number of non-ortho nitro benzene ring substituents is 1. The van der Waals surface area contributed by atoms with Gasteiger partial charge in [-0.3, -0.25) is 14.9 Å². The summed E-state index contributed by atoms with van der Waals surface area (Å²) in [6, 6.07) is 3.94. The van der Waals surface area contributed by atoms with Crippen LogP contribution in [0, 0.1) is 10.1 Å². The first kappa shape index (κ1) is 12.1. The van der Waals surface area contributed by atoms with Gasteiger partial charge in [-0.15, -0.1) is 0 Å². The lowest BCUT2D eigenvalue weighted by Gasteiger charge is -2.24. The average Bonchev–Trinajstić information content (AvgIpc) is 2.98. The third-order valence-corrected chi connectivity index (χ3v) is 4.01. The van der Waals surface area contributed by atoms with Crippen LogP contribution in [0.2, 0.25) is 0 Å². The highest BCUT2D eigenvalue weighted by Crippen LogP contribution is 2.41. The number of nitrogens with zero attached hydrogens (tertiary/aromatic N) is 2. The molecule has 6 heteroatoms. The maximum absolute atomic E-state index is 12.3. The Morgan fingerprint density at radius 1 is 1.32 bits per heavy atom. The van der Waals surface area contributed by atoms with Gasteiger partial charge in [-0.05, 0) is 18.9 Å². The zero-order valence-electron chi connectivity index (χ0n) is 10.4. The fraction of sp³-hybridized carbons (Fsp3) is 0.462. The number of benzene rings is 1. The normalized spacial score (nSPS) is 22.9. The number of anilines is 1. The molecule has 1 heterocycles. The van der Waals surface area contributed by atoms with Crippen LogP contribution >= 0.6 is 0 Å². The molecular formula is C13H15N3O3. The molecule has 0 radical (unpaired) electrons. The van der Waals surface area contributed by atoms with Crippen LogP contribution in [0.25, 0.3) is 0 Å². The van der Waals surface area contributed by atoms with Crippen molar-refractivity contribution in [3.63, 3.8) is 0 Å². The minimum atomic E-state index is -0.768. The Bertz CT molecular complexity index is 552. The van der Waals surface area contributed by atoms with E-state index in [9.17, 15) is 14.9 Å². The molecule has 0 spiro atoms. The number of hydrogen-bond acceptors (Lipinski definition) is 4. The van der Waals surface area contributed by atoms with E-state index >= 15 is 0 Å². The third kappa shape index (κ3) is 1.79. The molecule has 1 aromatic rings. The zero-order valence-corrected chi connectivity index (χ0v) is 10.4. The number of amides is 1. The predicted molar refractivity (Wildman–Crippen MR) is 69.8 cm³/mol. The van der Waals surface area contributed by atoms with Crippen LogP contribution in [-0.2, 0) is 4.79 Å². The molecule has 1 aliphatic heterocycles. The van der Waals surface area contributed by atoms with Gasteiger partial charge in [-0.1, -0.05) is 12.8 Å². The van der Waals surface area contributed by atoms with Crippen LogP contribution < -0.4 is 10.6 Å². The summed E-state index contributed by atoms with van der Waals surface area (Å²) in [5, 5.41) is 10.8. The minimum Gasteiger partial charge on any atom is -0.316 e. The topological polar surface area (TPSA) is 89.5 Å². The van der Waals surface area contributed by atoms with Crippen molar-refractivity contribution in [2.24, 2.45) is 5.73 Å². The SMILES string of the molecule is N[C@@H]1C(=O)N(C2CCCC2)c2ccc([N+](=O)[O-])cc21. The standard InChI is InChI=1S/C13H15N3O3/c14-12-10-7-9(16(18)19)5-6-11(10)15(13(12)17)8-3-1-2-4-8/h5-8,12H,1-4,14H2/t12-/m0/s1. The van der Waals surface area contributed by atoms with Gasteiger partial charge in [0.15, 0.2) is 0 Å². The zero-order chi connectivity index (χ0) is 13.6. The number of carbonyl (C=O) groups excluding carboxylic acids is 1. The molecule has 1 amide bonds. The first-order valence-electron chi connectivity index (χ1n) is 6.46. The molecule has 0 aromatic heterocycles. The van der Waals surface area contributed by atoms with Crippen molar-refractivity contribution in [2.75, 3.05) is 4.90 Å². The molecule has 0 saturated heterocycles. The lowest BCUT2D eigenvalue weighted by Crippen LogP contribution is -2.38. The van der Waals surface area contributed by atoms with Crippen LogP contribution in [0.1, 0.15) is 37.3 Å². The van der Waals surface area contributed by atoms with Crippen LogP contribution in [0.3, 0.4) is 0 Å².